The van der Waals surface area contributed by atoms with Gasteiger partial charge in [0.15, 0.2) is 0 Å². The fourth-order valence-corrected chi connectivity index (χ4v) is 2.72. The van der Waals surface area contributed by atoms with Crippen molar-refractivity contribution in [1.29, 1.82) is 0 Å². The van der Waals surface area contributed by atoms with Gasteiger partial charge in [0.25, 0.3) is 0 Å². The van der Waals surface area contributed by atoms with E-state index in [1.165, 1.54) is 16.7 Å². The first-order chi connectivity index (χ1) is 11.2. The minimum Gasteiger partial charge on any atom is -0.401 e. The summed E-state index contributed by atoms with van der Waals surface area (Å²) in [6, 6.07) is 19.2. The first-order valence-corrected chi connectivity index (χ1v) is 8.59. The number of hydrogen-bond donors (Lipinski definition) is 3. The maximum atomic E-state index is 5.89. The molecule has 4 N–H and O–H groups in total. The van der Waals surface area contributed by atoms with Crippen molar-refractivity contribution in [3.8, 4) is 0 Å². The molecule has 0 saturated heterocycles. The number of nitrogens with one attached hydrogen (secondary N) is 2. The lowest BCUT2D eigenvalue weighted by molar-refractivity contribution is 0.677. The Morgan fingerprint density at radius 2 is 1.78 bits per heavy atom. The Kier molecular flexibility index (Phi) is 7.12. The number of nitrogens with two attached hydrogens (primary N) is 1. The van der Waals surface area contributed by atoms with E-state index >= 15 is 0 Å². The molecule has 2 rings (SSSR count). The zero-order valence-electron chi connectivity index (χ0n) is 13.6. The Bertz CT molecular complexity index is 608. The van der Waals surface area contributed by atoms with Crippen LogP contribution in [0.2, 0.25) is 0 Å². The Labute approximate surface area is 141 Å². The van der Waals surface area contributed by atoms with Crippen molar-refractivity contribution in [3.63, 3.8) is 0 Å². The highest BCUT2D eigenvalue weighted by atomic mass is 31.0. The predicted octanol–water partition coefficient (Wildman–Crippen LogP) is 3.30. The molecule has 0 saturated carbocycles. The molecule has 0 radical (unpaired) electrons. The summed E-state index contributed by atoms with van der Waals surface area (Å²) >= 11 is 0. The van der Waals surface area contributed by atoms with Crippen molar-refractivity contribution < 1.29 is 0 Å². The first-order valence-electron chi connectivity index (χ1n) is 7.92. The van der Waals surface area contributed by atoms with Crippen LogP contribution in [0.5, 0.6) is 0 Å². The summed E-state index contributed by atoms with van der Waals surface area (Å²) in [7, 11) is 4.73. The van der Waals surface area contributed by atoms with Crippen LogP contribution < -0.4 is 16.4 Å². The number of hydrogen-bond acceptors (Lipinski definition) is 3. The van der Waals surface area contributed by atoms with Gasteiger partial charge in [0, 0.05) is 31.3 Å². The Hall–Kier alpha value is -1.83. The van der Waals surface area contributed by atoms with Gasteiger partial charge < -0.3 is 16.4 Å². The summed E-state index contributed by atoms with van der Waals surface area (Å²) in [4.78, 5) is 0. The zero-order chi connectivity index (χ0) is 16.5. The normalized spacial score (nSPS) is 12.9. The molecule has 2 aromatic rings. The summed E-state index contributed by atoms with van der Waals surface area (Å²) in [5.74, 6) is 0.249. The minimum atomic E-state index is 0.249. The topological polar surface area (TPSA) is 50.1 Å². The van der Waals surface area contributed by atoms with Crippen LogP contribution in [0.4, 0.5) is 0 Å². The highest BCUT2D eigenvalue weighted by Gasteiger charge is 2.05. The van der Waals surface area contributed by atoms with Crippen LogP contribution in [0.25, 0.3) is 0 Å². The molecule has 4 heteroatoms. The van der Waals surface area contributed by atoms with E-state index in [0.717, 1.165) is 25.1 Å². The molecule has 0 aliphatic rings. The molecule has 122 valence electrons. The third-order valence-electron chi connectivity index (χ3n) is 3.74. The smallest absolute Gasteiger partial charge is 0.0466 e. The largest absolute Gasteiger partial charge is 0.401 e. The van der Waals surface area contributed by atoms with Gasteiger partial charge in [0.2, 0.25) is 0 Å². The molecule has 0 fully saturated rings. The van der Waals surface area contributed by atoms with Crippen molar-refractivity contribution >= 4 is 9.24 Å². The van der Waals surface area contributed by atoms with Crippen molar-refractivity contribution in [2.75, 3.05) is 7.05 Å². The SMILES string of the molecule is CN/C=C(\N)CCc1ccc(C(P)NCc2ccccc2)cc1. The molecule has 23 heavy (non-hydrogen) atoms. The van der Waals surface area contributed by atoms with Gasteiger partial charge in [-0.1, -0.05) is 54.6 Å². The molecule has 2 atom stereocenters. The van der Waals surface area contributed by atoms with Gasteiger partial charge in [0.1, 0.15) is 0 Å². The highest BCUT2D eigenvalue weighted by molar-refractivity contribution is 7.17. The molecule has 2 unspecified atom stereocenters. The summed E-state index contributed by atoms with van der Waals surface area (Å²) in [6.07, 6.45) is 3.68. The van der Waals surface area contributed by atoms with E-state index in [1.54, 1.807) is 0 Å². The van der Waals surface area contributed by atoms with E-state index in [2.05, 4.69) is 68.4 Å². The van der Waals surface area contributed by atoms with Crippen LogP contribution in [0.3, 0.4) is 0 Å². The third kappa shape index (κ3) is 6.05. The second kappa shape index (κ2) is 9.34. The van der Waals surface area contributed by atoms with Crippen LogP contribution >= 0.6 is 9.24 Å². The van der Waals surface area contributed by atoms with Gasteiger partial charge in [-0.05, 0) is 29.5 Å². The number of allylic oxidation sites excluding steroid dienone is 1. The fraction of sp³-hybridized carbons (Fsp3) is 0.263. The molecule has 3 nitrogen and oxygen atoms in total. The van der Waals surface area contributed by atoms with Crippen molar-refractivity contribution in [1.82, 2.24) is 10.6 Å². The van der Waals surface area contributed by atoms with Gasteiger partial charge in [-0.2, -0.15) is 0 Å². The van der Waals surface area contributed by atoms with Gasteiger partial charge >= 0.3 is 0 Å². The Morgan fingerprint density at radius 1 is 1.09 bits per heavy atom. The van der Waals surface area contributed by atoms with Gasteiger partial charge in [-0.3, -0.25) is 0 Å². The van der Waals surface area contributed by atoms with Crippen LogP contribution in [-0.4, -0.2) is 7.05 Å². The average Bonchev–Trinajstić information content (AvgIpc) is 2.59. The van der Waals surface area contributed by atoms with Crippen LogP contribution in [0.1, 0.15) is 28.9 Å². The first kappa shape index (κ1) is 17.5. The summed E-state index contributed by atoms with van der Waals surface area (Å²) in [5, 5.41) is 6.48. The molecule has 0 spiro atoms. The molecule has 2 aromatic carbocycles. The van der Waals surface area contributed by atoms with Gasteiger partial charge in [0.05, 0.1) is 0 Å². The van der Waals surface area contributed by atoms with Gasteiger partial charge in [-0.15, -0.1) is 9.24 Å². The third-order valence-corrected chi connectivity index (χ3v) is 4.36. The molecular weight excluding hydrogens is 301 g/mol. The Morgan fingerprint density at radius 3 is 2.43 bits per heavy atom. The molecule has 0 bridgehead atoms. The Balaban J connectivity index is 1.85. The lowest BCUT2D eigenvalue weighted by atomic mass is 10.1. The van der Waals surface area contributed by atoms with Crippen molar-refractivity contribution in [2.45, 2.75) is 25.2 Å². The molecule has 0 heterocycles. The predicted molar refractivity (Wildman–Crippen MR) is 102 cm³/mol. The fourth-order valence-electron chi connectivity index (χ4n) is 2.38. The molecule has 0 amide bonds. The number of benzene rings is 2. The van der Waals surface area contributed by atoms with E-state index in [1.807, 2.05) is 19.3 Å². The van der Waals surface area contributed by atoms with E-state index < -0.39 is 0 Å². The monoisotopic (exact) mass is 327 g/mol. The van der Waals surface area contributed by atoms with Crippen LogP contribution in [0.15, 0.2) is 66.5 Å². The van der Waals surface area contributed by atoms with Crippen LogP contribution in [0, 0.1) is 0 Å². The molecule has 0 aromatic heterocycles. The second-order valence-corrected chi connectivity index (χ2v) is 6.26. The molecule has 0 aliphatic heterocycles. The van der Waals surface area contributed by atoms with E-state index in [-0.39, 0.29) is 5.78 Å². The highest BCUT2D eigenvalue weighted by Crippen LogP contribution is 2.21. The van der Waals surface area contributed by atoms with Crippen LogP contribution in [-0.2, 0) is 13.0 Å². The maximum Gasteiger partial charge on any atom is 0.0466 e. The van der Waals surface area contributed by atoms with E-state index in [4.69, 9.17) is 5.73 Å². The quantitative estimate of drug-likeness (QED) is 0.652. The minimum absolute atomic E-state index is 0.249. The summed E-state index contributed by atoms with van der Waals surface area (Å²) < 4.78 is 0. The molecular formula is C19H26N3P. The van der Waals surface area contributed by atoms with E-state index in [9.17, 15) is 0 Å². The second-order valence-electron chi connectivity index (χ2n) is 5.59. The van der Waals surface area contributed by atoms with Crippen molar-refractivity contribution in [3.05, 3.63) is 83.2 Å². The summed E-state index contributed by atoms with van der Waals surface area (Å²) in [5.41, 5.74) is 10.6. The zero-order valence-corrected chi connectivity index (χ0v) is 14.8. The number of rotatable bonds is 8. The lowest BCUT2D eigenvalue weighted by Crippen LogP contribution is -2.15. The number of aryl methyl sites for hydroxylation is 1. The molecule has 0 aliphatic carbocycles. The summed E-state index contributed by atoms with van der Waals surface area (Å²) in [6.45, 7) is 0.863. The van der Waals surface area contributed by atoms with E-state index in [0.29, 0.717) is 0 Å². The lowest BCUT2D eigenvalue weighted by Gasteiger charge is -2.15. The maximum absolute atomic E-state index is 5.89. The standard InChI is InChI=1S/C19H26N3P/c1-21-14-18(20)12-9-15-7-10-17(11-8-15)19(23)22-13-16-5-3-2-4-6-16/h2-8,10-11,14,19,21-22H,9,12-13,20,23H2,1H3/b18-14-. The van der Waals surface area contributed by atoms with Gasteiger partial charge in [-0.25, -0.2) is 0 Å². The average molecular weight is 327 g/mol. The van der Waals surface area contributed by atoms with Crippen molar-refractivity contribution in [2.24, 2.45) is 5.73 Å².